The van der Waals surface area contributed by atoms with Gasteiger partial charge in [0.15, 0.2) is 0 Å². The van der Waals surface area contributed by atoms with Gasteiger partial charge in [-0.05, 0) is 243 Å². The summed E-state index contributed by atoms with van der Waals surface area (Å²) in [5, 5.41) is 5.78. The summed E-state index contributed by atoms with van der Waals surface area (Å²) >= 11 is 0. The molecule has 6 heteroatoms. The summed E-state index contributed by atoms with van der Waals surface area (Å²) in [4.78, 5) is 5.09. The van der Waals surface area contributed by atoms with Gasteiger partial charge in [0, 0.05) is 77.8 Å². The maximum absolute atomic E-state index is 10.5. The zero-order chi connectivity index (χ0) is 83.9. The molecule has 0 amide bonds. The zero-order valence-electron chi connectivity index (χ0n) is 73.0. The number of fused-ring (bicyclic) bond motifs is 13. The smallest absolute Gasteiger partial charge is 0.252 e. The van der Waals surface area contributed by atoms with Crippen molar-refractivity contribution in [2.24, 2.45) is 0 Å². The van der Waals surface area contributed by atoms with E-state index in [1.54, 1.807) is 0 Å². The lowest BCUT2D eigenvalue weighted by molar-refractivity contribution is 0.569. The summed E-state index contributed by atoms with van der Waals surface area (Å²) in [5.41, 5.74) is 32.3. The van der Waals surface area contributed by atoms with Crippen LogP contribution in [-0.4, -0.2) is 20.4 Å². The highest BCUT2D eigenvalue weighted by Crippen LogP contribution is 2.52. The van der Waals surface area contributed by atoms with Crippen molar-refractivity contribution in [1.29, 1.82) is 0 Å². The van der Waals surface area contributed by atoms with Crippen molar-refractivity contribution in [2.45, 2.75) is 105 Å². The minimum Gasteiger partial charge on any atom is -0.311 e. The molecule has 570 valence electrons. The van der Waals surface area contributed by atoms with Crippen LogP contribution in [0.3, 0.4) is 0 Å². The van der Waals surface area contributed by atoms with Gasteiger partial charge in [-0.1, -0.05) is 307 Å². The number of aromatic nitrogens is 3. The van der Waals surface area contributed by atoms with E-state index in [0.29, 0.717) is 22.0 Å². The lowest BCUT2D eigenvalue weighted by Gasteiger charge is -2.45. The molecule has 0 saturated carbocycles. The van der Waals surface area contributed by atoms with Crippen LogP contribution in [0.4, 0.5) is 34.1 Å². The number of benzene rings is 16. The molecule has 16 aromatic carbocycles. The van der Waals surface area contributed by atoms with Gasteiger partial charge in [-0.3, -0.25) is 0 Å². The molecule has 0 aliphatic carbocycles. The summed E-state index contributed by atoms with van der Waals surface area (Å²) in [6, 6.07) is 121. The van der Waals surface area contributed by atoms with Gasteiger partial charge in [-0.2, -0.15) is 0 Å². The molecule has 118 heavy (non-hydrogen) atoms. The van der Waals surface area contributed by atoms with E-state index in [0.717, 1.165) is 156 Å². The highest BCUT2D eigenvalue weighted by atomic mass is 15.2. The SMILES string of the molecule is [2H]c1c([2H])c([2H])c2c(c1[2H])c1cc(-n3c4ccccc4c4ccccc43)ccc1n2-c1cc2c3c(c1)N(c1cc(-c4ccccc4)cc(-c4ccccc4)c1)c1cc(-n4c5ccc(C(C)(C)C)cc5c5cc(C(C)(C)C)ccc54)ccc1B3c1ccc(-c3cc(C(C)(C)C)cc(C(C)(C)C)c3)cc1N2c1cc(-c2ccccc2)cc(-c2ccccc2)c1. The predicted molar refractivity (Wildman–Crippen MR) is 505 cm³/mol. The van der Waals surface area contributed by atoms with E-state index >= 15 is 0 Å². The molecule has 0 atom stereocenters. The van der Waals surface area contributed by atoms with Crippen LogP contribution >= 0.6 is 0 Å². The number of hydrogen-bond donors (Lipinski definition) is 0. The van der Waals surface area contributed by atoms with Crippen LogP contribution in [0.25, 0.3) is 138 Å². The van der Waals surface area contributed by atoms with E-state index in [-0.39, 0.29) is 45.8 Å². The Labute approximate surface area is 698 Å². The Hall–Kier alpha value is -13.4. The number of nitrogens with zero attached hydrogens (tertiary/aromatic N) is 5. The van der Waals surface area contributed by atoms with Crippen molar-refractivity contribution in [2.75, 3.05) is 9.80 Å². The van der Waals surface area contributed by atoms with E-state index < -0.39 is 6.71 Å². The molecule has 3 aromatic heterocycles. The minimum atomic E-state index is -0.399. The zero-order valence-corrected chi connectivity index (χ0v) is 69.0. The topological polar surface area (TPSA) is 21.3 Å². The maximum atomic E-state index is 10.5. The Balaban J connectivity index is 0.940. The molecule has 21 rings (SSSR count). The fourth-order valence-electron chi connectivity index (χ4n) is 18.8. The highest BCUT2D eigenvalue weighted by molar-refractivity contribution is 7.00. The van der Waals surface area contributed by atoms with E-state index in [2.05, 4.69) is 434 Å². The third-order valence-electron chi connectivity index (χ3n) is 25.1. The summed E-state index contributed by atoms with van der Waals surface area (Å²) in [5.74, 6) is 0. The van der Waals surface area contributed by atoms with Gasteiger partial charge in [0.25, 0.3) is 6.71 Å². The van der Waals surface area contributed by atoms with Crippen LogP contribution in [0, 0.1) is 0 Å². The van der Waals surface area contributed by atoms with Crippen molar-refractivity contribution in [3.05, 3.63) is 374 Å². The lowest BCUT2D eigenvalue weighted by Crippen LogP contribution is -2.61. The van der Waals surface area contributed by atoms with Gasteiger partial charge in [0.1, 0.15) is 0 Å². The number of para-hydroxylation sites is 3. The second kappa shape index (κ2) is 27.1. The van der Waals surface area contributed by atoms with Gasteiger partial charge >= 0.3 is 0 Å². The summed E-state index contributed by atoms with van der Waals surface area (Å²) in [7, 11) is 0. The molecule has 19 aromatic rings. The molecule has 0 N–H and O–H groups in total. The first-order chi connectivity index (χ1) is 58.7. The van der Waals surface area contributed by atoms with Crippen molar-refractivity contribution in [3.63, 3.8) is 0 Å². The molecule has 0 spiro atoms. The molecule has 0 bridgehead atoms. The fraction of sp³-hybridized carbons (Fsp3) is 0.143. The molecule has 5 nitrogen and oxygen atoms in total. The summed E-state index contributed by atoms with van der Waals surface area (Å²) < 4.78 is 47.2. The highest BCUT2D eigenvalue weighted by Gasteiger charge is 2.45. The van der Waals surface area contributed by atoms with Crippen molar-refractivity contribution in [3.8, 4) is 72.7 Å². The Morgan fingerprint density at radius 3 is 1.03 bits per heavy atom. The van der Waals surface area contributed by atoms with E-state index in [1.807, 2.05) is 0 Å². The first-order valence-corrected chi connectivity index (χ1v) is 41.6. The van der Waals surface area contributed by atoms with Gasteiger partial charge in [-0.25, -0.2) is 0 Å². The van der Waals surface area contributed by atoms with Crippen molar-refractivity contribution in [1.82, 2.24) is 13.7 Å². The van der Waals surface area contributed by atoms with Gasteiger partial charge < -0.3 is 23.5 Å². The average molecular weight is 1520 g/mol. The minimum absolute atomic E-state index is 0.105. The quantitative estimate of drug-likeness (QED) is 0.127. The molecular weight excluding hydrogens is 1430 g/mol. The normalized spacial score (nSPS) is 13.5. The Bertz CT molecular complexity index is 7260. The molecule has 0 radical (unpaired) electrons. The predicted octanol–water partition coefficient (Wildman–Crippen LogP) is 28.6. The van der Waals surface area contributed by atoms with E-state index in [9.17, 15) is 5.48 Å². The molecule has 2 aliphatic rings. The monoisotopic (exact) mass is 1520 g/mol. The second-order valence-electron chi connectivity index (χ2n) is 36.7. The van der Waals surface area contributed by atoms with Crippen LogP contribution in [0.5, 0.6) is 0 Å². The first-order valence-electron chi connectivity index (χ1n) is 43.6. The number of rotatable bonds is 10. The average Bonchev–Trinajstić information content (AvgIpc) is 1.22. The van der Waals surface area contributed by atoms with Crippen LogP contribution in [0.2, 0.25) is 0 Å². The Kier molecular flexibility index (Phi) is 15.6. The third-order valence-corrected chi connectivity index (χ3v) is 25.1. The number of anilines is 6. The molecular formula is C112H94BN5. The molecule has 0 unspecified atom stereocenters. The molecule has 5 heterocycles. The fourth-order valence-corrected chi connectivity index (χ4v) is 18.8. The van der Waals surface area contributed by atoms with Crippen LogP contribution in [0.1, 0.15) is 111 Å². The summed E-state index contributed by atoms with van der Waals surface area (Å²) in [6.45, 7) is 27.3. The Morgan fingerprint density at radius 2 is 0.576 bits per heavy atom. The van der Waals surface area contributed by atoms with Crippen LogP contribution in [-0.2, 0) is 21.7 Å². The largest absolute Gasteiger partial charge is 0.311 e. The standard InChI is InChI=1S/C112H94BN5/c1-109(2,3)81-46-52-101-93(65-81)94-66-82(110(4,5)6)47-53-102(94)115(101)86-48-51-97-105(68-86)118(88-61-78(73-35-21-15-22-36-73)56-79(62-88)74-37-23-16-24-38-74)107-70-89(116-100-44-30-27-41-92(100)95-67-85(49-54-103(95)116)114-98-42-28-25-39-90(98)91-40-26-29-43-99(91)114)69-106-108(107)113(97)96-50-45-75(80-57-83(111(7,8)9)64-84(58-80)112(10,11)12)63-104(96)117(106)87-59-76(71-31-17-13-18-32-71)55-77(60-87)72-33-19-14-20-34-72/h13-70H,1-12H3/i27D,30D,41D,44D. The van der Waals surface area contributed by atoms with Crippen LogP contribution in [0.15, 0.2) is 352 Å². The van der Waals surface area contributed by atoms with E-state index in [4.69, 9.17) is 0 Å². The van der Waals surface area contributed by atoms with Crippen LogP contribution < -0.4 is 26.2 Å². The van der Waals surface area contributed by atoms with Gasteiger partial charge in [0.05, 0.1) is 44.3 Å². The third kappa shape index (κ3) is 12.0. The number of hydrogen-bond acceptors (Lipinski definition) is 2. The second-order valence-corrected chi connectivity index (χ2v) is 36.7. The first kappa shape index (κ1) is 67.9. The molecule has 2 aliphatic heterocycles. The lowest BCUT2D eigenvalue weighted by atomic mass is 9.33. The van der Waals surface area contributed by atoms with E-state index in [1.165, 1.54) is 33.0 Å². The van der Waals surface area contributed by atoms with Gasteiger partial charge in [0.2, 0.25) is 0 Å². The molecule has 0 saturated heterocycles. The van der Waals surface area contributed by atoms with Crippen molar-refractivity contribution < 1.29 is 5.48 Å². The van der Waals surface area contributed by atoms with Gasteiger partial charge in [-0.15, -0.1) is 0 Å². The molecule has 0 fully saturated rings. The Morgan fingerprint density at radius 1 is 0.220 bits per heavy atom. The summed E-state index contributed by atoms with van der Waals surface area (Å²) in [6.07, 6.45) is 0. The maximum Gasteiger partial charge on any atom is 0.252 e. The van der Waals surface area contributed by atoms with Crippen molar-refractivity contribution >= 4 is 123 Å².